The minimum Gasteiger partial charge on any atom is -0.325 e. The van der Waals surface area contributed by atoms with Crippen molar-refractivity contribution in [1.82, 2.24) is 0 Å². The van der Waals surface area contributed by atoms with Crippen LogP contribution in [0.4, 0.5) is 18.9 Å². The van der Waals surface area contributed by atoms with E-state index < -0.39 is 29.0 Å². The topological polar surface area (TPSA) is 29.1 Å². The summed E-state index contributed by atoms with van der Waals surface area (Å²) in [6, 6.07) is 24.4. The number of carbonyl (C=O) groups is 1. The molecule has 1 amide bonds. The minimum absolute atomic E-state index is 0.207. The summed E-state index contributed by atoms with van der Waals surface area (Å²) in [6.45, 7) is 0. The lowest BCUT2D eigenvalue weighted by Crippen LogP contribution is -2.23. The number of hydrogen-bond donors (Lipinski definition) is 1. The van der Waals surface area contributed by atoms with Crippen molar-refractivity contribution in [2.24, 2.45) is 5.92 Å². The maximum Gasteiger partial charge on any atom is 0.418 e. The lowest BCUT2D eigenvalue weighted by atomic mass is 9.85. The van der Waals surface area contributed by atoms with E-state index in [-0.39, 0.29) is 5.69 Å². The molecule has 4 rings (SSSR count). The zero-order valence-corrected chi connectivity index (χ0v) is 14.9. The number of nitrogens with one attached hydrogen (secondary N) is 1. The molecule has 0 bridgehead atoms. The van der Waals surface area contributed by atoms with E-state index in [9.17, 15) is 18.0 Å². The van der Waals surface area contributed by atoms with Crippen molar-refractivity contribution in [3.8, 4) is 0 Å². The van der Waals surface area contributed by atoms with Gasteiger partial charge < -0.3 is 5.32 Å². The standard InChI is InChI=1S/C23H18F3NO/c24-23(25,26)18-13-7-8-14-20(18)27-21(28)19-15-22(19,16-9-3-1-4-10-16)17-11-5-2-6-12-17/h1-14,19H,15H2,(H,27,28)/t19-/m0/s1. The van der Waals surface area contributed by atoms with Gasteiger partial charge in [-0.2, -0.15) is 13.2 Å². The van der Waals surface area contributed by atoms with Crippen LogP contribution in [0, 0.1) is 5.92 Å². The largest absolute Gasteiger partial charge is 0.418 e. The van der Waals surface area contributed by atoms with E-state index in [0.717, 1.165) is 17.2 Å². The Labute approximate surface area is 161 Å². The Morgan fingerprint density at radius 3 is 1.86 bits per heavy atom. The lowest BCUT2D eigenvalue weighted by Gasteiger charge is -2.19. The molecule has 1 aliphatic carbocycles. The van der Waals surface area contributed by atoms with Crippen LogP contribution in [-0.2, 0) is 16.4 Å². The molecule has 5 heteroatoms. The fraction of sp³-hybridized carbons (Fsp3) is 0.174. The van der Waals surface area contributed by atoms with Gasteiger partial charge >= 0.3 is 6.18 Å². The maximum absolute atomic E-state index is 13.2. The van der Waals surface area contributed by atoms with Crippen molar-refractivity contribution in [3.05, 3.63) is 102 Å². The van der Waals surface area contributed by atoms with Crippen LogP contribution in [-0.4, -0.2) is 5.91 Å². The summed E-state index contributed by atoms with van der Waals surface area (Å²) in [5, 5.41) is 2.51. The molecule has 0 aliphatic heterocycles. The lowest BCUT2D eigenvalue weighted by molar-refractivity contribution is -0.137. The normalized spacial score (nSPS) is 17.8. The van der Waals surface area contributed by atoms with Gasteiger partial charge in [0, 0.05) is 5.41 Å². The Morgan fingerprint density at radius 2 is 1.32 bits per heavy atom. The molecule has 1 N–H and O–H groups in total. The molecule has 2 nitrogen and oxygen atoms in total. The van der Waals surface area contributed by atoms with Gasteiger partial charge in [0.1, 0.15) is 0 Å². The van der Waals surface area contributed by atoms with Gasteiger partial charge in [0.25, 0.3) is 0 Å². The number of carbonyl (C=O) groups excluding carboxylic acids is 1. The smallest absolute Gasteiger partial charge is 0.325 e. The molecule has 1 aliphatic rings. The molecule has 142 valence electrons. The summed E-state index contributed by atoms with van der Waals surface area (Å²) < 4.78 is 39.7. The first kappa shape index (κ1) is 18.3. The summed E-state index contributed by atoms with van der Waals surface area (Å²) in [5.41, 5.74) is 0.423. The van der Waals surface area contributed by atoms with E-state index in [4.69, 9.17) is 0 Å². The molecule has 0 aromatic heterocycles. The molecule has 1 fully saturated rings. The van der Waals surface area contributed by atoms with Crippen LogP contribution < -0.4 is 5.32 Å². The number of halogens is 3. The monoisotopic (exact) mass is 381 g/mol. The van der Waals surface area contributed by atoms with Crippen LogP contribution in [0.3, 0.4) is 0 Å². The molecule has 1 atom stereocenters. The molecular formula is C23H18F3NO. The molecule has 0 radical (unpaired) electrons. The predicted molar refractivity (Wildman–Crippen MR) is 102 cm³/mol. The minimum atomic E-state index is -4.52. The molecule has 0 spiro atoms. The Balaban J connectivity index is 1.66. The van der Waals surface area contributed by atoms with Gasteiger partial charge in [0.05, 0.1) is 17.2 Å². The third-order valence-corrected chi connectivity index (χ3v) is 5.35. The maximum atomic E-state index is 13.2. The number of alkyl halides is 3. The van der Waals surface area contributed by atoms with E-state index in [1.165, 1.54) is 18.2 Å². The molecule has 3 aromatic carbocycles. The highest BCUT2D eigenvalue weighted by molar-refractivity contribution is 5.97. The number of anilines is 1. The Morgan fingerprint density at radius 1 is 0.821 bits per heavy atom. The highest BCUT2D eigenvalue weighted by Gasteiger charge is 2.60. The molecule has 0 heterocycles. The van der Waals surface area contributed by atoms with Crippen molar-refractivity contribution >= 4 is 11.6 Å². The number of para-hydroxylation sites is 1. The van der Waals surface area contributed by atoms with E-state index in [2.05, 4.69) is 5.32 Å². The molecule has 1 saturated carbocycles. The van der Waals surface area contributed by atoms with Crippen LogP contribution >= 0.6 is 0 Å². The average Bonchev–Trinajstić information content (AvgIpc) is 3.46. The predicted octanol–water partition coefficient (Wildman–Crippen LogP) is 5.65. The van der Waals surface area contributed by atoms with Gasteiger partial charge in [-0.05, 0) is 29.7 Å². The highest BCUT2D eigenvalue weighted by atomic mass is 19.4. The summed E-state index contributed by atoms with van der Waals surface area (Å²) in [7, 11) is 0. The van der Waals surface area contributed by atoms with Crippen molar-refractivity contribution in [1.29, 1.82) is 0 Å². The van der Waals surface area contributed by atoms with Crippen LogP contribution in [0.2, 0.25) is 0 Å². The zero-order chi connectivity index (χ0) is 19.8. The first-order chi connectivity index (χ1) is 13.4. The van der Waals surface area contributed by atoms with Crippen LogP contribution in [0.25, 0.3) is 0 Å². The van der Waals surface area contributed by atoms with Crippen molar-refractivity contribution in [2.75, 3.05) is 5.32 Å². The third kappa shape index (κ3) is 3.17. The summed E-state index contributed by atoms with van der Waals surface area (Å²) in [5.74, 6) is -0.831. The van der Waals surface area contributed by atoms with Crippen LogP contribution in [0.5, 0.6) is 0 Å². The molecule has 3 aromatic rings. The van der Waals surface area contributed by atoms with Gasteiger partial charge in [-0.1, -0.05) is 72.8 Å². The number of benzene rings is 3. The first-order valence-electron chi connectivity index (χ1n) is 9.01. The molecule has 0 unspecified atom stereocenters. The van der Waals surface area contributed by atoms with E-state index >= 15 is 0 Å². The van der Waals surface area contributed by atoms with Crippen LogP contribution in [0.1, 0.15) is 23.1 Å². The molecule has 0 saturated heterocycles. The van der Waals surface area contributed by atoms with E-state index in [1.54, 1.807) is 0 Å². The first-order valence-corrected chi connectivity index (χ1v) is 9.01. The van der Waals surface area contributed by atoms with E-state index in [0.29, 0.717) is 6.42 Å². The summed E-state index contributed by atoms with van der Waals surface area (Å²) >= 11 is 0. The van der Waals surface area contributed by atoms with Crippen LogP contribution in [0.15, 0.2) is 84.9 Å². The fourth-order valence-electron chi connectivity index (χ4n) is 3.91. The SMILES string of the molecule is O=C(Nc1ccccc1C(F)(F)F)[C@@H]1CC1(c1ccccc1)c1ccccc1. The van der Waals surface area contributed by atoms with Gasteiger partial charge in [-0.3, -0.25) is 4.79 Å². The molecular weight excluding hydrogens is 363 g/mol. The second kappa shape index (κ2) is 6.82. The number of amides is 1. The average molecular weight is 381 g/mol. The Kier molecular flexibility index (Phi) is 4.46. The second-order valence-electron chi connectivity index (χ2n) is 6.99. The third-order valence-electron chi connectivity index (χ3n) is 5.35. The highest BCUT2D eigenvalue weighted by Crippen LogP contribution is 2.59. The van der Waals surface area contributed by atoms with Crippen molar-refractivity contribution in [2.45, 2.75) is 18.0 Å². The van der Waals surface area contributed by atoms with Gasteiger partial charge in [-0.25, -0.2) is 0 Å². The van der Waals surface area contributed by atoms with Gasteiger partial charge in [0.15, 0.2) is 0 Å². The quantitative estimate of drug-likeness (QED) is 0.622. The van der Waals surface area contributed by atoms with Crippen molar-refractivity contribution < 1.29 is 18.0 Å². The Hall–Kier alpha value is -3.08. The Bertz CT molecular complexity index is 944. The zero-order valence-electron chi connectivity index (χ0n) is 14.9. The summed E-state index contributed by atoms with van der Waals surface area (Å²) in [4.78, 5) is 12.9. The fourth-order valence-corrected chi connectivity index (χ4v) is 3.91. The molecule has 28 heavy (non-hydrogen) atoms. The van der Waals surface area contributed by atoms with Crippen molar-refractivity contribution in [3.63, 3.8) is 0 Å². The van der Waals surface area contributed by atoms with E-state index in [1.807, 2.05) is 60.7 Å². The number of rotatable bonds is 4. The van der Waals surface area contributed by atoms with Gasteiger partial charge in [-0.15, -0.1) is 0 Å². The van der Waals surface area contributed by atoms with Gasteiger partial charge in [0.2, 0.25) is 5.91 Å². The number of hydrogen-bond acceptors (Lipinski definition) is 1. The summed E-state index contributed by atoms with van der Waals surface area (Å²) in [6.07, 6.45) is -3.97. The second-order valence-corrected chi connectivity index (χ2v) is 6.99.